The van der Waals surface area contributed by atoms with Crippen molar-refractivity contribution in [2.45, 2.75) is 299 Å². The van der Waals surface area contributed by atoms with Gasteiger partial charge >= 0.3 is 22.5 Å². The smallest absolute Gasteiger partial charge is 0.316 e. The molecule has 0 aliphatic carbocycles. The average Bonchev–Trinajstić information content (AvgIpc) is 1.63. The van der Waals surface area contributed by atoms with E-state index < -0.39 is 39.7 Å². The number of H-pyrrole nitrogens is 5. The summed E-state index contributed by atoms with van der Waals surface area (Å²) in [7, 11) is 1.84. The van der Waals surface area contributed by atoms with E-state index in [1.807, 2.05) is 111 Å². The highest BCUT2D eigenvalue weighted by atomic mass is 32.2. The lowest BCUT2D eigenvalue weighted by Gasteiger charge is -2.22. The van der Waals surface area contributed by atoms with E-state index in [2.05, 4.69) is 242 Å². The number of anilines is 4. The second kappa shape index (κ2) is 42.9. The molecule has 0 spiro atoms. The van der Waals surface area contributed by atoms with Gasteiger partial charge in [0.25, 0.3) is 5.91 Å². The number of carbonyl (C=O) groups is 1. The van der Waals surface area contributed by atoms with E-state index in [1.165, 1.54) is 49.8 Å². The van der Waals surface area contributed by atoms with Crippen molar-refractivity contribution in [2.75, 3.05) is 27.1 Å². The van der Waals surface area contributed by atoms with Crippen molar-refractivity contribution >= 4 is 90.5 Å². The average molecular weight is 2030 g/mol. The van der Waals surface area contributed by atoms with Gasteiger partial charge in [0.15, 0.2) is 63.5 Å². The number of aromatic amines is 5. The Kier molecular flexibility index (Phi) is 31.2. The van der Waals surface area contributed by atoms with E-state index in [0.29, 0.717) is 131 Å². The van der Waals surface area contributed by atoms with Crippen molar-refractivity contribution in [1.29, 1.82) is 0 Å². The molecule has 10 aromatic heterocycles. The van der Waals surface area contributed by atoms with Crippen LogP contribution in [-0.2, 0) is 70.9 Å². The summed E-state index contributed by atoms with van der Waals surface area (Å²) in [5.74, 6) is 5.22. The van der Waals surface area contributed by atoms with Gasteiger partial charge in [0.05, 0.1) is 16.3 Å². The van der Waals surface area contributed by atoms with E-state index in [-0.39, 0.29) is 56.0 Å². The van der Waals surface area contributed by atoms with E-state index in [4.69, 9.17) is 62.6 Å². The fourth-order valence-corrected chi connectivity index (χ4v) is 18.3. The summed E-state index contributed by atoms with van der Waals surface area (Å²) in [4.78, 5) is 38.7. The highest BCUT2D eigenvalue weighted by molar-refractivity contribution is 7.82. The fourth-order valence-electron chi connectivity index (χ4n) is 16.2. The molecule has 0 aliphatic heterocycles. The minimum atomic E-state index is -1.89. The van der Waals surface area contributed by atoms with Crippen LogP contribution < -0.4 is 37.4 Å². The molecule has 10 N–H and O–H groups in total. The molecule has 36 heteroatoms. The molecular formula is C109H140N24O9S3. The zero-order valence-electron chi connectivity index (χ0n) is 88.4. The van der Waals surface area contributed by atoms with E-state index >= 15 is 0 Å². The third-order valence-corrected chi connectivity index (χ3v) is 27.6. The van der Waals surface area contributed by atoms with Gasteiger partial charge in [-0.25, -0.2) is 29.1 Å². The number of amides is 1. The summed E-state index contributed by atoms with van der Waals surface area (Å²) in [6, 6.07) is 50.1. The number of benzene rings is 7. The number of phenols is 1. The van der Waals surface area contributed by atoms with Crippen LogP contribution >= 0.6 is 0 Å². The van der Waals surface area contributed by atoms with Crippen LogP contribution in [0.25, 0.3) is 85.2 Å². The Bertz CT molecular complexity index is 7130. The second-order valence-electron chi connectivity index (χ2n) is 44.5. The van der Waals surface area contributed by atoms with Gasteiger partial charge in [0, 0.05) is 132 Å². The highest BCUT2D eigenvalue weighted by Crippen LogP contribution is 2.42. The number of fused-ring (bicyclic) bond motifs is 5. The monoisotopic (exact) mass is 2030 g/mol. The SMILES string of the molecule is CCCCCCCCCCC(Oc1ccc(S(=O)Oc2ccc(O)cc2)cc1)C(=O)Nc1cc(-c2nc3cc(C(C)(C)C)[nH]n3n2)cc(-c2nc3cc(C(C)(C)C)[nH]n3n2)c1.CNc1cc(NS(=O)Oc2c(C(C)C)cc(C(C)C)cc2C(C)C)cc(-c2nc3cc(C(C)(C)C)[nH]n3n2)c1.Cc1ccc(C(C)(C)C)cc1OS(=O)Nc1cc(-c2nc3cc(C(C)(C)C)[nH]n3n2)cc(-c2nc3cc(C(C)(C)C)[nH]n3n2)c1. The second-order valence-corrected chi connectivity index (χ2v) is 47.3. The standard InChI is InChI=1S/C46H57N9O5S.C33H41N9O2S.C30H42N6O2S/c1-8-9-10-11-12-13-14-15-16-37(59-34-21-23-36(24-22-34)61(58)60-35-19-17-33(56)18-20-35)44(57)47-32-26-30(42-48-40-28-38(45(2,3)4)50-54(40)52-42)25-31(27-32)43-49-41-29-39(46(5,6)7)51-55(41)53-43;1-19-11-12-22(31(2,3)4)16-24(19)44-45(43)40-23-14-20(29-34-27-17-25(32(5,6)7)36-41(27)38-29)13-21(15-23)30-35-28-18-26(33(8,9)10)37-42(28)39-30;1-17(2)20-13-24(18(3)4)28(25(14-20)19(5)6)38-39(37)35-23-12-21(11-22(15-23)31-10)29-32-27-16-26(30(7,8)9)33-36(27)34-29/h17-29,37,50-51,56H,8-16H2,1-7H3,(H,47,57);11-18,36-37,40H,1-10H3;11-19,31,33,35H,1-10H3. The molecule has 33 nitrogen and oxygen atoms in total. The molecule has 0 radical (unpaired) electrons. The molecule has 0 saturated carbocycles. The third kappa shape index (κ3) is 26.0. The molecule has 0 fully saturated rings. The van der Waals surface area contributed by atoms with Crippen LogP contribution in [0.15, 0.2) is 169 Å². The fraction of sp³-hybridized carbons (Fsp3) is 0.422. The Balaban J connectivity index is 0.000000168. The van der Waals surface area contributed by atoms with Gasteiger partial charge in [0.1, 0.15) is 28.7 Å². The molecule has 17 aromatic rings. The summed E-state index contributed by atoms with van der Waals surface area (Å²) < 4.78 is 78.1. The topological polar surface area (TPSA) is 403 Å². The molecule has 145 heavy (non-hydrogen) atoms. The number of hydrogen-bond acceptors (Lipinski definition) is 20. The van der Waals surface area contributed by atoms with Crippen LogP contribution in [0.2, 0.25) is 0 Å². The lowest BCUT2D eigenvalue weighted by Crippen LogP contribution is -2.33. The van der Waals surface area contributed by atoms with Gasteiger partial charge < -0.3 is 33.0 Å². The highest BCUT2D eigenvalue weighted by Gasteiger charge is 2.31. The quantitative estimate of drug-likeness (QED) is 0.0171. The Morgan fingerprint density at radius 2 is 0.752 bits per heavy atom. The predicted octanol–water partition coefficient (Wildman–Crippen LogP) is 24.6. The number of carbonyl (C=O) groups excluding carboxylic acids is 1. The van der Waals surface area contributed by atoms with Crippen molar-refractivity contribution < 1.29 is 39.8 Å². The molecule has 4 unspecified atom stereocenters. The van der Waals surface area contributed by atoms with Gasteiger partial charge in [-0.2, -0.15) is 31.6 Å². The number of ether oxygens (including phenoxy) is 1. The van der Waals surface area contributed by atoms with E-state index in [9.17, 15) is 22.5 Å². The summed E-state index contributed by atoms with van der Waals surface area (Å²) >= 11 is -5.51. The van der Waals surface area contributed by atoms with Gasteiger partial charge in [-0.15, -0.1) is 25.5 Å². The first kappa shape index (κ1) is 106. The Morgan fingerprint density at radius 1 is 0.393 bits per heavy atom. The van der Waals surface area contributed by atoms with Crippen LogP contribution in [0, 0.1) is 6.92 Å². The summed E-state index contributed by atoms with van der Waals surface area (Å²) in [6.07, 6.45) is 8.66. The largest absolute Gasteiger partial charge is 0.508 e. The zero-order valence-corrected chi connectivity index (χ0v) is 90.9. The molecule has 0 saturated heterocycles. The minimum absolute atomic E-state index is 0.0320. The van der Waals surface area contributed by atoms with Crippen molar-refractivity contribution in [3.05, 3.63) is 220 Å². The number of aromatic hydroxyl groups is 1. The lowest BCUT2D eigenvalue weighted by atomic mass is 9.86. The first-order chi connectivity index (χ1) is 68.3. The van der Waals surface area contributed by atoms with Gasteiger partial charge in [-0.05, 0) is 180 Å². The Labute approximate surface area is 855 Å². The van der Waals surface area contributed by atoms with Crippen LogP contribution in [-0.4, -0.2) is 136 Å². The van der Waals surface area contributed by atoms with E-state index in [1.54, 1.807) is 59.5 Å². The third-order valence-electron chi connectivity index (χ3n) is 25.1. The molecule has 768 valence electrons. The predicted molar refractivity (Wildman–Crippen MR) is 579 cm³/mol. The van der Waals surface area contributed by atoms with Crippen LogP contribution in [0.1, 0.15) is 305 Å². The number of aryl methyl sites for hydroxylation is 1. The molecular weight excluding hydrogens is 1890 g/mol. The van der Waals surface area contributed by atoms with Crippen molar-refractivity contribution in [1.82, 2.24) is 99.1 Å². The minimum Gasteiger partial charge on any atom is -0.508 e. The number of nitrogens with one attached hydrogen (secondary N) is 9. The van der Waals surface area contributed by atoms with Gasteiger partial charge in [0.2, 0.25) is 11.1 Å². The first-order valence-electron chi connectivity index (χ1n) is 49.8. The van der Waals surface area contributed by atoms with E-state index in [0.717, 1.165) is 86.9 Å². The van der Waals surface area contributed by atoms with Crippen LogP contribution in [0.5, 0.6) is 28.7 Å². The number of hydrogen-bond donors (Lipinski definition) is 10. The van der Waals surface area contributed by atoms with Gasteiger partial charge in [-0.1, -0.05) is 242 Å². The summed E-state index contributed by atoms with van der Waals surface area (Å²) in [5, 5.41) is 56.2. The molecule has 17 rings (SSSR count). The Hall–Kier alpha value is -13.7. The van der Waals surface area contributed by atoms with Crippen molar-refractivity contribution in [2.24, 2.45) is 0 Å². The first-order valence-corrected chi connectivity index (χ1v) is 53.0. The maximum Gasteiger partial charge on any atom is 0.316 e. The lowest BCUT2D eigenvalue weighted by molar-refractivity contribution is -0.123. The number of phenolic OH excluding ortho intramolecular Hbond substituents is 1. The Morgan fingerprint density at radius 3 is 1.12 bits per heavy atom. The van der Waals surface area contributed by atoms with Crippen LogP contribution in [0.3, 0.4) is 0 Å². The zero-order chi connectivity index (χ0) is 104. The maximum atomic E-state index is 14.3. The summed E-state index contributed by atoms with van der Waals surface area (Å²) in [6.45, 7) is 55.5. The number of aromatic nitrogens is 20. The molecule has 0 aliphatic rings. The molecule has 10 heterocycles. The number of nitrogens with zero attached hydrogens (tertiary/aromatic N) is 15. The molecule has 0 bridgehead atoms. The molecule has 1 amide bonds. The van der Waals surface area contributed by atoms with Crippen LogP contribution in [0.4, 0.5) is 22.7 Å². The van der Waals surface area contributed by atoms with Crippen molar-refractivity contribution in [3.63, 3.8) is 0 Å². The number of rotatable bonds is 33. The maximum absolute atomic E-state index is 14.3. The van der Waals surface area contributed by atoms with Gasteiger partial charge in [-0.3, -0.25) is 39.7 Å². The number of unbranched alkanes of at least 4 members (excludes halogenated alkanes) is 7. The molecule has 4 atom stereocenters. The normalized spacial score (nSPS) is 13.3. The summed E-state index contributed by atoms with van der Waals surface area (Å²) in [5.41, 5.74) is 19.7. The molecule has 7 aromatic carbocycles. The van der Waals surface area contributed by atoms with Crippen molar-refractivity contribution in [3.8, 4) is 85.7 Å².